The standard InChI is InChI=1S/C22H24N2O4/c1-28-20-5-3-2-4-17(20)13-18(22(26)27)14-24-21(25)9-7-15-6-8-19-16(12-15)10-11-23-19/h2-6,8,10-12,18,23H,7,9,13-14H2,1H3,(H,24,25)(H,26,27). The Hall–Kier alpha value is -3.28. The number of amides is 1. The minimum atomic E-state index is -0.941. The molecule has 0 saturated carbocycles. The Morgan fingerprint density at radius 1 is 1.18 bits per heavy atom. The summed E-state index contributed by atoms with van der Waals surface area (Å²) in [4.78, 5) is 26.9. The molecule has 146 valence electrons. The Bertz CT molecular complexity index is 964. The Morgan fingerprint density at radius 2 is 2.00 bits per heavy atom. The van der Waals surface area contributed by atoms with Crippen LogP contribution in [0.15, 0.2) is 54.7 Å². The van der Waals surface area contributed by atoms with Crippen molar-refractivity contribution in [2.75, 3.05) is 13.7 Å². The van der Waals surface area contributed by atoms with Crippen molar-refractivity contribution < 1.29 is 19.4 Å². The molecular formula is C22H24N2O4. The number of fused-ring (bicyclic) bond motifs is 1. The third kappa shape index (κ3) is 4.91. The number of hydrogen-bond acceptors (Lipinski definition) is 3. The van der Waals surface area contributed by atoms with E-state index in [-0.39, 0.29) is 12.5 Å². The molecular weight excluding hydrogens is 356 g/mol. The molecule has 0 bridgehead atoms. The van der Waals surface area contributed by atoms with Gasteiger partial charge in [-0.15, -0.1) is 0 Å². The molecule has 1 aromatic heterocycles. The maximum absolute atomic E-state index is 12.2. The second-order valence-corrected chi connectivity index (χ2v) is 6.75. The molecule has 3 rings (SSSR count). The van der Waals surface area contributed by atoms with Crippen molar-refractivity contribution in [3.63, 3.8) is 0 Å². The fourth-order valence-corrected chi connectivity index (χ4v) is 3.23. The molecule has 6 heteroatoms. The lowest BCUT2D eigenvalue weighted by Gasteiger charge is -2.15. The van der Waals surface area contributed by atoms with E-state index in [0.717, 1.165) is 22.0 Å². The molecule has 0 radical (unpaired) electrons. The molecule has 28 heavy (non-hydrogen) atoms. The van der Waals surface area contributed by atoms with Crippen LogP contribution in [0.2, 0.25) is 0 Å². The van der Waals surface area contributed by atoms with Gasteiger partial charge in [0.1, 0.15) is 5.75 Å². The van der Waals surface area contributed by atoms with Gasteiger partial charge in [0.05, 0.1) is 13.0 Å². The predicted octanol–water partition coefficient (Wildman–Crippen LogP) is 3.17. The Morgan fingerprint density at radius 3 is 2.79 bits per heavy atom. The first-order chi connectivity index (χ1) is 13.6. The van der Waals surface area contributed by atoms with Gasteiger partial charge in [-0.2, -0.15) is 0 Å². The zero-order valence-corrected chi connectivity index (χ0v) is 15.8. The average Bonchev–Trinajstić information content (AvgIpc) is 3.17. The van der Waals surface area contributed by atoms with Crippen LogP contribution in [0.5, 0.6) is 5.75 Å². The Labute approximate surface area is 163 Å². The molecule has 0 fully saturated rings. The summed E-state index contributed by atoms with van der Waals surface area (Å²) in [5, 5.41) is 13.4. The summed E-state index contributed by atoms with van der Waals surface area (Å²) in [6.07, 6.45) is 3.10. The number of rotatable bonds is 9. The van der Waals surface area contributed by atoms with Crippen LogP contribution in [-0.2, 0) is 22.4 Å². The van der Waals surface area contributed by atoms with Crippen LogP contribution in [-0.4, -0.2) is 35.6 Å². The van der Waals surface area contributed by atoms with Gasteiger partial charge >= 0.3 is 5.97 Å². The second kappa shape index (κ2) is 9.08. The summed E-state index contributed by atoms with van der Waals surface area (Å²) in [7, 11) is 1.56. The van der Waals surface area contributed by atoms with Crippen molar-refractivity contribution in [1.82, 2.24) is 10.3 Å². The minimum Gasteiger partial charge on any atom is -0.496 e. The number of aryl methyl sites for hydroxylation is 1. The first-order valence-electron chi connectivity index (χ1n) is 9.24. The highest BCUT2D eigenvalue weighted by atomic mass is 16.5. The van der Waals surface area contributed by atoms with Gasteiger partial charge in [0.2, 0.25) is 5.91 Å². The van der Waals surface area contributed by atoms with E-state index in [2.05, 4.69) is 16.4 Å². The van der Waals surface area contributed by atoms with Crippen LogP contribution in [0.25, 0.3) is 10.9 Å². The molecule has 2 aromatic carbocycles. The summed E-state index contributed by atoms with van der Waals surface area (Å²) < 4.78 is 5.28. The molecule has 0 saturated heterocycles. The summed E-state index contributed by atoms with van der Waals surface area (Å²) in [6.45, 7) is 0.0864. The van der Waals surface area contributed by atoms with Crippen molar-refractivity contribution in [3.05, 3.63) is 65.9 Å². The number of carboxylic acid groups (broad SMARTS) is 1. The van der Waals surface area contributed by atoms with E-state index in [1.807, 2.05) is 42.6 Å². The normalized spacial score (nSPS) is 11.9. The predicted molar refractivity (Wildman–Crippen MR) is 107 cm³/mol. The lowest BCUT2D eigenvalue weighted by Crippen LogP contribution is -2.34. The Kier molecular flexibility index (Phi) is 6.32. The number of aromatic amines is 1. The fraction of sp³-hybridized carbons (Fsp3) is 0.273. The Balaban J connectivity index is 1.52. The van der Waals surface area contributed by atoms with Gasteiger partial charge in [-0.3, -0.25) is 9.59 Å². The number of carboxylic acids is 1. The zero-order valence-electron chi connectivity index (χ0n) is 15.8. The number of carbonyl (C=O) groups is 2. The number of hydrogen-bond donors (Lipinski definition) is 3. The molecule has 3 N–H and O–H groups in total. The topological polar surface area (TPSA) is 91.4 Å². The van der Waals surface area contributed by atoms with Crippen molar-refractivity contribution in [1.29, 1.82) is 0 Å². The molecule has 0 aliphatic carbocycles. The highest BCUT2D eigenvalue weighted by Gasteiger charge is 2.20. The van der Waals surface area contributed by atoms with E-state index in [4.69, 9.17) is 4.74 Å². The molecule has 1 amide bonds. The van der Waals surface area contributed by atoms with Crippen LogP contribution >= 0.6 is 0 Å². The van der Waals surface area contributed by atoms with Crippen molar-refractivity contribution in [3.8, 4) is 5.75 Å². The van der Waals surface area contributed by atoms with Gasteiger partial charge in [0, 0.05) is 24.7 Å². The maximum atomic E-state index is 12.2. The third-order valence-corrected chi connectivity index (χ3v) is 4.81. The number of aliphatic carboxylic acids is 1. The van der Waals surface area contributed by atoms with Crippen LogP contribution in [0.3, 0.4) is 0 Å². The summed E-state index contributed by atoms with van der Waals surface area (Å²) >= 11 is 0. The van der Waals surface area contributed by atoms with Crippen molar-refractivity contribution >= 4 is 22.8 Å². The van der Waals surface area contributed by atoms with Crippen LogP contribution in [0.1, 0.15) is 17.5 Å². The largest absolute Gasteiger partial charge is 0.496 e. The summed E-state index contributed by atoms with van der Waals surface area (Å²) in [6, 6.07) is 15.4. The molecule has 0 aliphatic heterocycles. The average molecular weight is 380 g/mol. The van der Waals surface area contributed by atoms with Crippen LogP contribution in [0, 0.1) is 5.92 Å². The molecule has 1 atom stereocenters. The highest BCUT2D eigenvalue weighted by molar-refractivity contribution is 5.81. The summed E-state index contributed by atoms with van der Waals surface area (Å²) in [5.74, 6) is -1.15. The van der Waals surface area contributed by atoms with E-state index in [9.17, 15) is 14.7 Å². The molecule has 0 aliphatic rings. The van der Waals surface area contributed by atoms with Crippen LogP contribution in [0.4, 0.5) is 0 Å². The van der Waals surface area contributed by atoms with Gasteiger partial charge in [-0.25, -0.2) is 0 Å². The van der Waals surface area contributed by atoms with E-state index < -0.39 is 11.9 Å². The lowest BCUT2D eigenvalue weighted by atomic mass is 9.98. The van der Waals surface area contributed by atoms with Crippen molar-refractivity contribution in [2.45, 2.75) is 19.3 Å². The molecule has 1 unspecified atom stereocenters. The lowest BCUT2D eigenvalue weighted by molar-refractivity contribution is -0.141. The second-order valence-electron chi connectivity index (χ2n) is 6.75. The van der Waals surface area contributed by atoms with E-state index in [0.29, 0.717) is 25.0 Å². The number of ether oxygens (including phenoxy) is 1. The van der Waals surface area contributed by atoms with Gasteiger partial charge in [0.25, 0.3) is 0 Å². The number of methoxy groups -OCH3 is 1. The SMILES string of the molecule is COc1ccccc1CC(CNC(=O)CCc1ccc2[nH]ccc2c1)C(=O)O. The number of aromatic nitrogens is 1. The minimum absolute atomic E-state index is 0.0864. The molecule has 3 aromatic rings. The van der Waals surface area contributed by atoms with Gasteiger partial charge in [0.15, 0.2) is 0 Å². The van der Waals surface area contributed by atoms with Crippen molar-refractivity contribution in [2.24, 2.45) is 5.92 Å². The van der Waals surface area contributed by atoms with Gasteiger partial charge in [-0.05, 0) is 53.6 Å². The zero-order chi connectivity index (χ0) is 19.9. The number of benzene rings is 2. The number of H-pyrrole nitrogens is 1. The quantitative estimate of drug-likeness (QED) is 0.532. The van der Waals surface area contributed by atoms with Gasteiger partial charge < -0.3 is 20.1 Å². The van der Waals surface area contributed by atoms with E-state index >= 15 is 0 Å². The first-order valence-corrected chi connectivity index (χ1v) is 9.24. The van der Waals surface area contributed by atoms with E-state index in [1.165, 1.54) is 0 Å². The molecule has 0 spiro atoms. The van der Waals surface area contributed by atoms with E-state index in [1.54, 1.807) is 13.2 Å². The maximum Gasteiger partial charge on any atom is 0.308 e. The number of para-hydroxylation sites is 1. The van der Waals surface area contributed by atoms with Crippen LogP contribution < -0.4 is 10.1 Å². The number of nitrogens with one attached hydrogen (secondary N) is 2. The monoisotopic (exact) mass is 380 g/mol. The summed E-state index contributed by atoms with van der Waals surface area (Å²) in [5.41, 5.74) is 2.95. The highest BCUT2D eigenvalue weighted by Crippen LogP contribution is 2.21. The van der Waals surface area contributed by atoms with Gasteiger partial charge in [-0.1, -0.05) is 24.3 Å². The fourth-order valence-electron chi connectivity index (χ4n) is 3.23. The first kappa shape index (κ1) is 19.5. The molecule has 1 heterocycles. The smallest absolute Gasteiger partial charge is 0.308 e. The third-order valence-electron chi connectivity index (χ3n) is 4.81. The number of carbonyl (C=O) groups excluding carboxylic acids is 1. The molecule has 6 nitrogen and oxygen atoms in total.